The van der Waals surface area contributed by atoms with Crippen LogP contribution >= 0.6 is 0 Å². The average molecular weight is 236 g/mol. The Kier molecular flexibility index (Phi) is 8.04. The lowest BCUT2D eigenvalue weighted by Gasteiger charge is -2.07. The van der Waals surface area contributed by atoms with Crippen molar-refractivity contribution in [2.45, 2.75) is 77.6 Å². The van der Waals surface area contributed by atoms with Crippen molar-refractivity contribution in [2.24, 2.45) is 5.92 Å². The standard InChI is InChI=1S/C16H28O/c1-15-12-10-8-6-4-2-3-5-7-9-11-13-16(17)14-15/h8,10,15H,2-7,9,11-14H2,1H3/b10-8-. The van der Waals surface area contributed by atoms with Gasteiger partial charge in [0.15, 0.2) is 0 Å². The van der Waals surface area contributed by atoms with Gasteiger partial charge in [-0.15, -0.1) is 0 Å². The van der Waals surface area contributed by atoms with Crippen LogP contribution in [0.1, 0.15) is 77.6 Å². The number of allylic oxidation sites excluding steroid dienone is 2. The summed E-state index contributed by atoms with van der Waals surface area (Å²) in [5.74, 6) is 1.00. The Labute approximate surface area is 107 Å². The van der Waals surface area contributed by atoms with E-state index in [2.05, 4.69) is 19.1 Å². The van der Waals surface area contributed by atoms with Crippen LogP contribution < -0.4 is 0 Å². The van der Waals surface area contributed by atoms with Crippen LogP contribution in [0.4, 0.5) is 0 Å². The molecular weight excluding hydrogens is 208 g/mol. The Morgan fingerprint density at radius 2 is 1.59 bits per heavy atom. The fourth-order valence-electron chi connectivity index (χ4n) is 2.49. The van der Waals surface area contributed by atoms with Crippen LogP contribution in [-0.4, -0.2) is 5.78 Å². The summed E-state index contributed by atoms with van der Waals surface area (Å²) in [6.45, 7) is 2.19. The molecule has 0 spiro atoms. The van der Waals surface area contributed by atoms with E-state index in [-0.39, 0.29) is 0 Å². The zero-order chi connectivity index (χ0) is 12.3. The molecule has 0 N–H and O–H groups in total. The topological polar surface area (TPSA) is 17.1 Å². The first-order valence-corrected chi connectivity index (χ1v) is 7.45. The second-order valence-corrected chi connectivity index (χ2v) is 5.57. The molecule has 0 aromatic carbocycles. The molecule has 17 heavy (non-hydrogen) atoms. The summed E-state index contributed by atoms with van der Waals surface area (Å²) >= 11 is 0. The minimum Gasteiger partial charge on any atom is -0.300 e. The van der Waals surface area contributed by atoms with E-state index in [1.165, 1.54) is 44.9 Å². The summed E-state index contributed by atoms with van der Waals surface area (Å²) in [6.07, 6.45) is 17.6. The van der Waals surface area contributed by atoms with Crippen molar-refractivity contribution in [2.75, 3.05) is 0 Å². The number of carbonyl (C=O) groups excluding carboxylic acids is 1. The lowest BCUT2D eigenvalue weighted by atomic mass is 9.97. The Morgan fingerprint density at radius 1 is 0.941 bits per heavy atom. The van der Waals surface area contributed by atoms with Gasteiger partial charge in [0.1, 0.15) is 5.78 Å². The highest BCUT2D eigenvalue weighted by Crippen LogP contribution is 2.15. The van der Waals surface area contributed by atoms with Crippen molar-refractivity contribution >= 4 is 5.78 Å². The van der Waals surface area contributed by atoms with E-state index >= 15 is 0 Å². The molecule has 0 bridgehead atoms. The van der Waals surface area contributed by atoms with Gasteiger partial charge in [-0.3, -0.25) is 4.79 Å². The molecule has 0 saturated carbocycles. The van der Waals surface area contributed by atoms with Gasteiger partial charge in [-0.1, -0.05) is 51.2 Å². The van der Waals surface area contributed by atoms with E-state index in [0.29, 0.717) is 11.7 Å². The lowest BCUT2D eigenvalue weighted by Crippen LogP contribution is -2.04. The number of hydrogen-bond donors (Lipinski definition) is 0. The van der Waals surface area contributed by atoms with Gasteiger partial charge in [0.2, 0.25) is 0 Å². The molecule has 1 aliphatic rings. The van der Waals surface area contributed by atoms with E-state index in [1.54, 1.807) is 0 Å². The van der Waals surface area contributed by atoms with Gasteiger partial charge in [-0.05, 0) is 31.6 Å². The maximum Gasteiger partial charge on any atom is 0.133 e. The Balaban J connectivity index is 2.31. The third-order valence-corrected chi connectivity index (χ3v) is 3.61. The molecule has 1 rings (SSSR count). The van der Waals surface area contributed by atoms with Crippen molar-refractivity contribution in [1.29, 1.82) is 0 Å². The molecule has 0 heterocycles. The molecule has 0 radical (unpaired) electrons. The number of Topliss-reactive ketones (excluding diaryl/α,β-unsaturated/α-hetero) is 1. The monoisotopic (exact) mass is 236 g/mol. The summed E-state index contributed by atoms with van der Waals surface area (Å²) in [7, 11) is 0. The third-order valence-electron chi connectivity index (χ3n) is 3.61. The zero-order valence-electron chi connectivity index (χ0n) is 11.4. The van der Waals surface area contributed by atoms with Crippen LogP contribution in [0.2, 0.25) is 0 Å². The minimum atomic E-state index is 0.473. The third kappa shape index (κ3) is 8.18. The van der Waals surface area contributed by atoms with Crippen molar-refractivity contribution in [3.63, 3.8) is 0 Å². The first-order valence-electron chi connectivity index (χ1n) is 7.45. The van der Waals surface area contributed by atoms with E-state index in [4.69, 9.17) is 0 Å². The highest BCUT2D eigenvalue weighted by molar-refractivity contribution is 5.78. The number of carbonyl (C=O) groups is 1. The summed E-state index contributed by atoms with van der Waals surface area (Å²) in [6, 6.07) is 0. The summed E-state index contributed by atoms with van der Waals surface area (Å²) in [5, 5.41) is 0. The van der Waals surface area contributed by atoms with Crippen molar-refractivity contribution in [1.82, 2.24) is 0 Å². The van der Waals surface area contributed by atoms with Crippen LogP contribution in [0, 0.1) is 5.92 Å². The van der Waals surface area contributed by atoms with Crippen molar-refractivity contribution < 1.29 is 4.79 Å². The van der Waals surface area contributed by atoms with Crippen LogP contribution in [0.25, 0.3) is 0 Å². The second kappa shape index (κ2) is 9.44. The Morgan fingerprint density at radius 3 is 2.35 bits per heavy atom. The van der Waals surface area contributed by atoms with Gasteiger partial charge < -0.3 is 0 Å². The average Bonchev–Trinajstić information content (AvgIpc) is 2.30. The molecule has 0 saturated heterocycles. The van der Waals surface area contributed by atoms with Crippen molar-refractivity contribution in [3.8, 4) is 0 Å². The number of ketones is 1. The van der Waals surface area contributed by atoms with E-state index in [1.807, 2.05) is 0 Å². The predicted molar refractivity (Wildman–Crippen MR) is 74.1 cm³/mol. The summed E-state index contributed by atoms with van der Waals surface area (Å²) in [4.78, 5) is 11.7. The highest BCUT2D eigenvalue weighted by atomic mass is 16.1. The van der Waals surface area contributed by atoms with E-state index in [0.717, 1.165) is 25.7 Å². The summed E-state index contributed by atoms with van der Waals surface area (Å²) in [5.41, 5.74) is 0. The van der Waals surface area contributed by atoms with Crippen LogP contribution in [-0.2, 0) is 4.79 Å². The van der Waals surface area contributed by atoms with Gasteiger partial charge in [0.25, 0.3) is 0 Å². The molecular formula is C16H28O. The fraction of sp³-hybridized carbons (Fsp3) is 0.812. The molecule has 0 aromatic rings. The Hall–Kier alpha value is -0.590. The van der Waals surface area contributed by atoms with Gasteiger partial charge in [-0.25, -0.2) is 0 Å². The van der Waals surface area contributed by atoms with Crippen molar-refractivity contribution in [3.05, 3.63) is 12.2 Å². The molecule has 1 atom stereocenters. The number of rotatable bonds is 0. The molecule has 1 aliphatic carbocycles. The first kappa shape index (κ1) is 14.5. The number of hydrogen-bond acceptors (Lipinski definition) is 1. The normalized spacial score (nSPS) is 28.1. The van der Waals surface area contributed by atoms with E-state index in [9.17, 15) is 4.79 Å². The quantitative estimate of drug-likeness (QED) is 0.538. The van der Waals surface area contributed by atoms with Gasteiger partial charge >= 0.3 is 0 Å². The SMILES string of the molecule is CC1C/C=C\CCCCCCCCCC(=O)C1. The molecule has 1 nitrogen and oxygen atoms in total. The maximum atomic E-state index is 11.7. The predicted octanol–water partition coefficient (Wildman–Crippen LogP) is 5.05. The smallest absolute Gasteiger partial charge is 0.133 e. The van der Waals surface area contributed by atoms with Gasteiger partial charge in [0.05, 0.1) is 0 Å². The van der Waals surface area contributed by atoms with Crippen LogP contribution in [0.15, 0.2) is 12.2 Å². The van der Waals surface area contributed by atoms with Gasteiger partial charge in [0, 0.05) is 12.8 Å². The minimum absolute atomic E-state index is 0.473. The highest BCUT2D eigenvalue weighted by Gasteiger charge is 2.07. The molecule has 98 valence electrons. The largest absolute Gasteiger partial charge is 0.300 e. The molecule has 0 fully saturated rings. The lowest BCUT2D eigenvalue weighted by molar-refractivity contribution is -0.119. The molecule has 0 aromatic heterocycles. The summed E-state index contributed by atoms with van der Waals surface area (Å²) < 4.78 is 0. The molecule has 0 amide bonds. The molecule has 0 aliphatic heterocycles. The van der Waals surface area contributed by atoms with Crippen LogP contribution in [0.5, 0.6) is 0 Å². The zero-order valence-corrected chi connectivity index (χ0v) is 11.4. The van der Waals surface area contributed by atoms with Gasteiger partial charge in [-0.2, -0.15) is 0 Å². The van der Waals surface area contributed by atoms with E-state index < -0.39 is 0 Å². The molecule has 1 heteroatoms. The maximum absolute atomic E-state index is 11.7. The first-order chi connectivity index (χ1) is 8.29. The second-order valence-electron chi connectivity index (χ2n) is 5.57. The Bertz CT molecular complexity index is 230. The fourth-order valence-corrected chi connectivity index (χ4v) is 2.49. The molecule has 1 unspecified atom stereocenters. The van der Waals surface area contributed by atoms with Crippen LogP contribution in [0.3, 0.4) is 0 Å².